The molecule has 0 aliphatic heterocycles. The number of thioether (sulfide) groups is 1. The predicted octanol–water partition coefficient (Wildman–Crippen LogP) is 3.40. The molecule has 0 aliphatic carbocycles. The number of alkyl halides is 3. The number of aliphatic hydroxyl groups excluding tert-OH is 1. The number of hydrogen-bond donors (Lipinski definition) is 1. The fourth-order valence-corrected chi connectivity index (χ4v) is 1.80. The van der Waals surface area contributed by atoms with E-state index in [1.807, 2.05) is 0 Å². The number of ether oxygens (including phenoxy) is 1. The summed E-state index contributed by atoms with van der Waals surface area (Å²) in [5.74, 6) is 0.331. The smallest absolute Gasteiger partial charge is 0.418 e. The second-order valence-electron chi connectivity index (χ2n) is 3.32. The zero-order valence-corrected chi connectivity index (χ0v) is 10.2. The average molecular weight is 266 g/mol. The third-order valence-corrected chi connectivity index (χ3v) is 2.78. The molecule has 0 heterocycles. The van der Waals surface area contributed by atoms with Gasteiger partial charge in [0.25, 0.3) is 0 Å². The lowest BCUT2D eigenvalue weighted by molar-refractivity contribution is -0.206. The SMILES string of the molecule is CCOc1cc(SC)cc(C(O)C(F)(F)F)c1. The van der Waals surface area contributed by atoms with Gasteiger partial charge in [0.1, 0.15) is 5.75 Å². The van der Waals surface area contributed by atoms with Crippen LogP contribution in [0.1, 0.15) is 18.6 Å². The zero-order chi connectivity index (χ0) is 13.1. The molecule has 1 aromatic carbocycles. The van der Waals surface area contributed by atoms with E-state index in [0.29, 0.717) is 17.3 Å². The molecule has 1 atom stereocenters. The normalized spacial score (nSPS) is 13.5. The minimum Gasteiger partial charge on any atom is -0.494 e. The van der Waals surface area contributed by atoms with Gasteiger partial charge in [0.2, 0.25) is 0 Å². The van der Waals surface area contributed by atoms with E-state index in [9.17, 15) is 18.3 Å². The van der Waals surface area contributed by atoms with Gasteiger partial charge < -0.3 is 9.84 Å². The number of rotatable bonds is 4. The zero-order valence-electron chi connectivity index (χ0n) is 9.41. The Kier molecular flexibility index (Phi) is 4.70. The molecule has 0 bridgehead atoms. The second-order valence-corrected chi connectivity index (χ2v) is 4.20. The van der Waals surface area contributed by atoms with Crippen LogP contribution in [0, 0.1) is 0 Å². The van der Waals surface area contributed by atoms with Gasteiger partial charge in [0.15, 0.2) is 6.10 Å². The monoisotopic (exact) mass is 266 g/mol. The topological polar surface area (TPSA) is 29.5 Å². The molecule has 0 amide bonds. The van der Waals surface area contributed by atoms with Crippen molar-refractivity contribution in [3.63, 3.8) is 0 Å². The van der Waals surface area contributed by atoms with Crippen molar-refractivity contribution >= 4 is 11.8 Å². The van der Waals surface area contributed by atoms with Gasteiger partial charge in [-0.25, -0.2) is 0 Å². The molecule has 0 aromatic heterocycles. The van der Waals surface area contributed by atoms with E-state index >= 15 is 0 Å². The molecule has 0 fully saturated rings. The third kappa shape index (κ3) is 3.81. The summed E-state index contributed by atoms with van der Waals surface area (Å²) in [6.07, 6.45) is -5.40. The van der Waals surface area contributed by atoms with Crippen LogP contribution < -0.4 is 4.74 Å². The first-order chi connectivity index (χ1) is 7.88. The van der Waals surface area contributed by atoms with E-state index in [4.69, 9.17) is 4.74 Å². The summed E-state index contributed by atoms with van der Waals surface area (Å²) in [5.41, 5.74) is -0.201. The molecule has 0 aliphatic rings. The highest BCUT2D eigenvalue weighted by Crippen LogP contribution is 2.35. The maximum atomic E-state index is 12.4. The molecule has 1 rings (SSSR count). The van der Waals surface area contributed by atoms with Crippen LogP contribution in [0.2, 0.25) is 0 Å². The van der Waals surface area contributed by atoms with Gasteiger partial charge >= 0.3 is 6.18 Å². The quantitative estimate of drug-likeness (QED) is 0.847. The van der Waals surface area contributed by atoms with Gasteiger partial charge in [-0.2, -0.15) is 13.2 Å². The lowest BCUT2D eigenvalue weighted by Gasteiger charge is -2.16. The Hall–Kier alpha value is -0.880. The summed E-state index contributed by atoms with van der Waals surface area (Å²) in [7, 11) is 0. The molecule has 0 radical (unpaired) electrons. The standard InChI is InChI=1S/C11H13F3O2S/c1-3-16-8-4-7(5-9(6-8)17-2)10(15)11(12,13)14/h4-6,10,15H,3H2,1-2H3. The molecular weight excluding hydrogens is 253 g/mol. The van der Waals surface area contributed by atoms with E-state index in [0.717, 1.165) is 0 Å². The van der Waals surface area contributed by atoms with Crippen molar-refractivity contribution in [3.8, 4) is 5.75 Å². The van der Waals surface area contributed by atoms with Gasteiger partial charge in [-0.15, -0.1) is 11.8 Å². The largest absolute Gasteiger partial charge is 0.494 e. The Labute approximate surface area is 102 Å². The lowest BCUT2D eigenvalue weighted by Crippen LogP contribution is -2.20. The minimum atomic E-state index is -4.67. The molecule has 0 saturated carbocycles. The van der Waals surface area contributed by atoms with Crippen LogP contribution in [0.25, 0.3) is 0 Å². The summed E-state index contributed by atoms with van der Waals surface area (Å²) < 4.78 is 42.3. The van der Waals surface area contributed by atoms with Crippen LogP contribution in [-0.4, -0.2) is 24.1 Å². The van der Waals surface area contributed by atoms with Crippen molar-refractivity contribution in [2.45, 2.75) is 24.1 Å². The fraction of sp³-hybridized carbons (Fsp3) is 0.455. The molecule has 17 heavy (non-hydrogen) atoms. The van der Waals surface area contributed by atoms with E-state index in [1.165, 1.54) is 23.9 Å². The van der Waals surface area contributed by atoms with Crippen molar-refractivity contribution in [2.24, 2.45) is 0 Å². The maximum absolute atomic E-state index is 12.4. The molecule has 6 heteroatoms. The molecular formula is C11H13F3O2S. The summed E-state index contributed by atoms with van der Waals surface area (Å²) in [5, 5.41) is 9.18. The minimum absolute atomic E-state index is 0.201. The highest BCUT2D eigenvalue weighted by Gasteiger charge is 2.39. The fourth-order valence-electron chi connectivity index (χ4n) is 1.31. The van der Waals surface area contributed by atoms with Gasteiger partial charge in [0.05, 0.1) is 6.61 Å². The summed E-state index contributed by atoms with van der Waals surface area (Å²) in [4.78, 5) is 0.620. The van der Waals surface area contributed by atoms with Crippen molar-refractivity contribution in [1.82, 2.24) is 0 Å². The van der Waals surface area contributed by atoms with Crippen LogP contribution >= 0.6 is 11.8 Å². The number of benzene rings is 1. The first-order valence-electron chi connectivity index (χ1n) is 4.95. The van der Waals surface area contributed by atoms with Crippen molar-refractivity contribution < 1.29 is 23.0 Å². The molecule has 96 valence electrons. The first-order valence-corrected chi connectivity index (χ1v) is 6.17. The average Bonchev–Trinajstić information content (AvgIpc) is 2.26. The summed E-state index contributed by atoms with van der Waals surface area (Å²) in [6.45, 7) is 2.10. The summed E-state index contributed by atoms with van der Waals surface area (Å²) >= 11 is 1.29. The number of aliphatic hydroxyl groups is 1. The van der Waals surface area contributed by atoms with Crippen molar-refractivity contribution in [3.05, 3.63) is 23.8 Å². The van der Waals surface area contributed by atoms with E-state index in [1.54, 1.807) is 19.2 Å². The lowest BCUT2D eigenvalue weighted by atomic mass is 10.1. The highest BCUT2D eigenvalue weighted by atomic mass is 32.2. The van der Waals surface area contributed by atoms with Crippen LogP contribution in [0.5, 0.6) is 5.75 Å². The number of hydrogen-bond acceptors (Lipinski definition) is 3. The molecule has 0 saturated heterocycles. The van der Waals surface area contributed by atoms with Gasteiger partial charge in [0, 0.05) is 4.90 Å². The van der Waals surface area contributed by atoms with Crippen LogP contribution in [-0.2, 0) is 0 Å². The van der Waals surface area contributed by atoms with Crippen molar-refractivity contribution in [1.29, 1.82) is 0 Å². The number of halogens is 3. The Morgan fingerprint density at radius 2 is 2.00 bits per heavy atom. The van der Waals surface area contributed by atoms with Crippen LogP contribution in [0.15, 0.2) is 23.1 Å². The third-order valence-electron chi connectivity index (χ3n) is 2.07. The van der Waals surface area contributed by atoms with Crippen LogP contribution in [0.3, 0.4) is 0 Å². The molecule has 1 N–H and O–H groups in total. The molecule has 2 nitrogen and oxygen atoms in total. The second kappa shape index (κ2) is 5.64. The van der Waals surface area contributed by atoms with E-state index in [2.05, 4.69) is 0 Å². The van der Waals surface area contributed by atoms with Crippen molar-refractivity contribution in [2.75, 3.05) is 12.9 Å². The van der Waals surface area contributed by atoms with E-state index < -0.39 is 12.3 Å². The predicted molar refractivity (Wildman–Crippen MR) is 60.4 cm³/mol. The summed E-state index contributed by atoms with van der Waals surface area (Å²) in [6, 6.07) is 4.16. The van der Waals surface area contributed by atoms with Gasteiger partial charge in [-0.05, 0) is 36.9 Å². The first kappa shape index (κ1) is 14.2. The maximum Gasteiger partial charge on any atom is 0.418 e. The highest BCUT2D eigenvalue weighted by molar-refractivity contribution is 7.98. The van der Waals surface area contributed by atoms with Gasteiger partial charge in [-0.3, -0.25) is 0 Å². The Morgan fingerprint density at radius 3 is 2.47 bits per heavy atom. The van der Waals surface area contributed by atoms with E-state index in [-0.39, 0.29) is 5.56 Å². The molecule has 0 spiro atoms. The Balaban J connectivity index is 3.10. The van der Waals surface area contributed by atoms with Gasteiger partial charge in [-0.1, -0.05) is 0 Å². The van der Waals surface area contributed by atoms with Crippen LogP contribution in [0.4, 0.5) is 13.2 Å². The Bertz CT molecular complexity index is 379. The Morgan fingerprint density at radius 1 is 1.35 bits per heavy atom. The molecule has 1 unspecified atom stereocenters. The molecule has 1 aromatic rings.